The third-order valence-electron chi connectivity index (χ3n) is 2.50. The largest absolute Gasteiger partial charge is 0.493 e. The standard InChI is InChI=1S/C15H20N2O5/c1-15(2,3)22-14(19)17-11-6-10(8-16-9-18)7-12(20-4)13(11)21-5/h6-7H,8H2,1-5H3,(H,17,19). The van der Waals surface area contributed by atoms with Gasteiger partial charge in [0.25, 0.3) is 0 Å². The first-order valence-electron chi connectivity index (χ1n) is 6.59. The van der Waals surface area contributed by atoms with Gasteiger partial charge in [0.1, 0.15) is 5.60 Å². The zero-order valence-corrected chi connectivity index (χ0v) is 13.4. The number of anilines is 1. The molecule has 0 heterocycles. The molecule has 0 atom stereocenters. The van der Waals surface area contributed by atoms with Crippen LogP contribution in [0.15, 0.2) is 17.1 Å². The van der Waals surface area contributed by atoms with E-state index < -0.39 is 11.7 Å². The first kappa shape index (κ1) is 17.5. The molecule has 0 saturated heterocycles. The zero-order valence-electron chi connectivity index (χ0n) is 13.4. The molecule has 0 radical (unpaired) electrons. The van der Waals surface area contributed by atoms with E-state index in [-0.39, 0.29) is 6.54 Å². The van der Waals surface area contributed by atoms with E-state index in [9.17, 15) is 9.59 Å². The van der Waals surface area contributed by atoms with Crippen LogP contribution in [0.4, 0.5) is 10.5 Å². The summed E-state index contributed by atoms with van der Waals surface area (Å²) >= 11 is 0. The molecule has 7 heteroatoms. The molecule has 120 valence electrons. The number of isocyanates is 1. The highest BCUT2D eigenvalue weighted by Gasteiger charge is 2.19. The molecule has 0 aromatic heterocycles. The number of hydrogen-bond donors (Lipinski definition) is 1. The molecule has 0 aliphatic rings. The molecule has 0 aliphatic heterocycles. The number of nitrogens with zero attached hydrogens (tertiary/aromatic N) is 1. The molecular weight excluding hydrogens is 288 g/mol. The van der Waals surface area contributed by atoms with Gasteiger partial charge in [0.05, 0.1) is 26.5 Å². The first-order chi connectivity index (χ1) is 10.3. The molecule has 0 fully saturated rings. The van der Waals surface area contributed by atoms with Crippen molar-refractivity contribution >= 4 is 17.9 Å². The Balaban J connectivity index is 3.13. The summed E-state index contributed by atoms with van der Waals surface area (Å²) in [5.74, 6) is 0.763. The molecule has 0 unspecified atom stereocenters. The third-order valence-corrected chi connectivity index (χ3v) is 2.50. The smallest absolute Gasteiger partial charge is 0.412 e. The van der Waals surface area contributed by atoms with Crippen LogP contribution >= 0.6 is 0 Å². The van der Waals surface area contributed by atoms with Gasteiger partial charge in [-0.3, -0.25) is 5.32 Å². The molecule has 7 nitrogen and oxygen atoms in total. The van der Waals surface area contributed by atoms with Gasteiger partial charge in [0, 0.05) is 0 Å². The number of nitrogens with one attached hydrogen (secondary N) is 1. The van der Waals surface area contributed by atoms with Gasteiger partial charge in [-0.25, -0.2) is 14.6 Å². The van der Waals surface area contributed by atoms with E-state index in [0.717, 1.165) is 0 Å². The van der Waals surface area contributed by atoms with Crippen molar-refractivity contribution in [3.05, 3.63) is 17.7 Å². The molecule has 1 N–H and O–H groups in total. The van der Waals surface area contributed by atoms with Crippen LogP contribution in [-0.2, 0) is 16.1 Å². The summed E-state index contributed by atoms with van der Waals surface area (Å²) < 4.78 is 15.7. The van der Waals surface area contributed by atoms with Gasteiger partial charge in [-0.1, -0.05) is 0 Å². The maximum absolute atomic E-state index is 11.9. The van der Waals surface area contributed by atoms with E-state index in [1.807, 2.05) is 0 Å². The number of ether oxygens (including phenoxy) is 3. The Hall–Kier alpha value is -2.53. The number of benzene rings is 1. The number of carbonyl (C=O) groups is 1. The van der Waals surface area contributed by atoms with Crippen LogP contribution in [0.3, 0.4) is 0 Å². The van der Waals surface area contributed by atoms with Gasteiger partial charge in [0.2, 0.25) is 6.08 Å². The Kier molecular flexibility index (Phi) is 5.95. The van der Waals surface area contributed by atoms with Crippen molar-refractivity contribution in [2.45, 2.75) is 32.9 Å². The maximum atomic E-state index is 11.9. The average Bonchev–Trinajstić information content (AvgIpc) is 2.42. The number of rotatable bonds is 5. The molecule has 0 bridgehead atoms. The van der Waals surface area contributed by atoms with Crippen molar-refractivity contribution in [3.63, 3.8) is 0 Å². The van der Waals surface area contributed by atoms with E-state index in [0.29, 0.717) is 22.7 Å². The Morgan fingerprint density at radius 1 is 1.27 bits per heavy atom. The molecule has 22 heavy (non-hydrogen) atoms. The Labute approximate surface area is 129 Å². The van der Waals surface area contributed by atoms with E-state index in [4.69, 9.17) is 14.2 Å². The van der Waals surface area contributed by atoms with Gasteiger partial charge < -0.3 is 14.2 Å². The van der Waals surface area contributed by atoms with Crippen LogP contribution in [0.25, 0.3) is 0 Å². The molecule has 1 aromatic rings. The van der Waals surface area contributed by atoms with Crippen LogP contribution < -0.4 is 14.8 Å². The summed E-state index contributed by atoms with van der Waals surface area (Å²) in [5.41, 5.74) is 0.403. The third kappa shape index (κ3) is 5.10. The second kappa shape index (κ2) is 7.47. The van der Waals surface area contributed by atoms with Gasteiger partial charge in [-0.05, 0) is 38.5 Å². The second-order valence-corrected chi connectivity index (χ2v) is 5.41. The van der Waals surface area contributed by atoms with Crippen LogP contribution in [0.2, 0.25) is 0 Å². The van der Waals surface area contributed by atoms with Crippen LogP contribution in [0.5, 0.6) is 11.5 Å². The molecule has 0 spiro atoms. The molecule has 0 aliphatic carbocycles. The molecule has 0 saturated carbocycles. The van der Waals surface area contributed by atoms with Crippen molar-refractivity contribution in [2.75, 3.05) is 19.5 Å². The lowest BCUT2D eigenvalue weighted by atomic mass is 10.1. The normalized spacial score (nSPS) is 10.4. The van der Waals surface area contributed by atoms with E-state index in [1.165, 1.54) is 20.3 Å². The SMILES string of the molecule is COc1cc(CN=C=O)cc(NC(=O)OC(C)(C)C)c1OC. The number of amides is 1. The van der Waals surface area contributed by atoms with E-state index in [1.54, 1.807) is 32.9 Å². The van der Waals surface area contributed by atoms with Crippen LogP contribution in [-0.4, -0.2) is 32.0 Å². The summed E-state index contributed by atoms with van der Waals surface area (Å²) in [6.45, 7) is 5.41. The fourth-order valence-electron chi connectivity index (χ4n) is 1.74. The highest BCUT2D eigenvalue weighted by atomic mass is 16.6. The highest BCUT2D eigenvalue weighted by molar-refractivity contribution is 5.88. The highest BCUT2D eigenvalue weighted by Crippen LogP contribution is 2.37. The van der Waals surface area contributed by atoms with E-state index in [2.05, 4.69) is 10.3 Å². The monoisotopic (exact) mass is 308 g/mol. The fourth-order valence-corrected chi connectivity index (χ4v) is 1.74. The lowest BCUT2D eigenvalue weighted by molar-refractivity contribution is 0.0635. The number of aliphatic imine (C=N–C) groups is 1. The van der Waals surface area contributed by atoms with Gasteiger partial charge >= 0.3 is 6.09 Å². The number of methoxy groups -OCH3 is 2. The molecule has 1 rings (SSSR count). The minimum absolute atomic E-state index is 0.118. The van der Waals surface area contributed by atoms with Crippen molar-refractivity contribution < 1.29 is 23.8 Å². The van der Waals surface area contributed by atoms with Gasteiger partial charge in [-0.15, -0.1) is 0 Å². The van der Waals surface area contributed by atoms with Crippen LogP contribution in [0.1, 0.15) is 26.3 Å². The topological polar surface area (TPSA) is 86.2 Å². The van der Waals surface area contributed by atoms with Crippen LogP contribution in [0, 0.1) is 0 Å². The van der Waals surface area contributed by atoms with Gasteiger partial charge in [0.15, 0.2) is 11.5 Å². The lowest BCUT2D eigenvalue weighted by Crippen LogP contribution is -2.27. The number of hydrogen-bond acceptors (Lipinski definition) is 6. The average molecular weight is 308 g/mol. The predicted octanol–water partition coefficient (Wildman–Crippen LogP) is 2.89. The molecule has 1 aromatic carbocycles. The summed E-state index contributed by atoms with van der Waals surface area (Å²) in [6, 6.07) is 3.30. The Bertz CT molecular complexity index is 586. The Morgan fingerprint density at radius 3 is 2.45 bits per heavy atom. The molecular formula is C15H20N2O5. The van der Waals surface area contributed by atoms with Crippen molar-refractivity contribution in [3.8, 4) is 11.5 Å². The summed E-state index contributed by atoms with van der Waals surface area (Å²) in [6.07, 6.45) is 0.843. The fraction of sp³-hybridized carbons (Fsp3) is 0.467. The first-order valence-corrected chi connectivity index (χ1v) is 6.59. The number of carbonyl (C=O) groups excluding carboxylic acids is 2. The zero-order chi connectivity index (χ0) is 16.8. The quantitative estimate of drug-likeness (QED) is 0.667. The molecule has 1 amide bonds. The lowest BCUT2D eigenvalue weighted by Gasteiger charge is -2.21. The van der Waals surface area contributed by atoms with Crippen molar-refractivity contribution in [1.82, 2.24) is 0 Å². The summed E-state index contributed by atoms with van der Waals surface area (Å²) in [7, 11) is 2.93. The Morgan fingerprint density at radius 2 is 1.95 bits per heavy atom. The summed E-state index contributed by atoms with van der Waals surface area (Å²) in [4.78, 5) is 25.7. The second-order valence-electron chi connectivity index (χ2n) is 5.41. The minimum atomic E-state index is -0.624. The van der Waals surface area contributed by atoms with E-state index >= 15 is 0 Å². The minimum Gasteiger partial charge on any atom is -0.493 e. The summed E-state index contributed by atoms with van der Waals surface area (Å²) in [5, 5.41) is 2.60. The maximum Gasteiger partial charge on any atom is 0.412 e. The van der Waals surface area contributed by atoms with Crippen molar-refractivity contribution in [2.24, 2.45) is 4.99 Å². The predicted molar refractivity (Wildman–Crippen MR) is 81.2 cm³/mol. The van der Waals surface area contributed by atoms with Crippen molar-refractivity contribution in [1.29, 1.82) is 0 Å². The van der Waals surface area contributed by atoms with Gasteiger partial charge in [-0.2, -0.15) is 0 Å².